The van der Waals surface area contributed by atoms with E-state index in [0.717, 1.165) is 24.2 Å². The Balaban J connectivity index is 2.07. The average molecular weight is 232 g/mol. The summed E-state index contributed by atoms with van der Waals surface area (Å²) in [5.41, 5.74) is 3.27. The first kappa shape index (κ1) is 12.1. The molecule has 2 unspecified atom stereocenters. The molecule has 1 aromatic carbocycles. The van der Waals surface area contributed by atoms with Crippen molar-refractivity contribution >= 4 is 11.6 Å². The van der Waals surface area contributed by atoms with Crippen LogP contribution in [0, 0.1) is 19.8 Å². The van der Waals surface area contributed by atoms with E-state index in [4.69, 9.17) is 0 Å². The van der Waals surface area contributed by atoms with Gasteiger partial charge in [0.25, 0.3) is 0 Å². The Hall–Kier alpha value is -1.35. The zero-order valence-corrected chi connectivity index (χ0v) is 10.7. The van der Waals surface area contributed by atoms with Crippen LogP contribution in [0.4, 0.5) is 5.69 Å². The lowest BCUT2D eigenvalue weighted by Gasteiger charge is -2.16. The van der Waals surface area contributed by atoms with E-state index in [2.05, 4.69) is 30.5 Å². The molecule has 3 heteroatoms. The molecule has 0 radical (unpaired) electrons. The Morgan fingerprint density at radius 1 is 1.41 bits per heavy atom. The fourth-order valence-corrected chi connectivity index (χ4v) is 2.40. The fraction of sp³-hybridized carbons (Fsp3) is 0.500. The van der Waals surface area contributed by atoms with Crippen LogP contribution in [0.1, 0.15) is 24.5 Å². The van der Waals surface area contributed by atoms with E-state index in [1.165, 1.54) is 5.56 Å². The predicted molar refractivity (Wildman–Crippen MR) is 70.1 cm³/mol. The second-order valence-corrected chi connectivity index (χ2v) is 4.95. The molecular formula is C14H20N2O. The summed E-state index contributed by atoms with van der Waals surface area (Å²) >= 11 is 0. The average Bonchev–Trinajstić information content (AvgIpc) is 2.68. The molecule has 2 atom stereocenters. The van der Waals surface area contributed by atoms with E-state index < -0.39 is 0 Å². The van der Waals surface area contributed by atoms with Crippen LogP contribution in [-0.4, -0.2) is 18.5 Å². The Morgan fingerprint density at radius 2 is 2.18 bits per heavy atom. The third-order valence-corrected chi connectivity index (χ3v) is 3.50. The molecule has 92 valence electrons. The highest BCUT2D eigenvalue weighted by molar-refractivity contribution is 5.93. The van der Waals surface area contributed by atoms with Gasteiger partial charge >= 0.3 is 0 Å². The molecule has 17 heavy (non-hydrogen) atoms. The van der Waals surface area contributed by atoms with Crippen molar-refractivity contribution in [1.29, 1.82) is 0 Å². The Morgan fingerprint density at radius 3 is 2.76 bits per heavy atom. The number of hydrogen-bond acceptors (Lipinski definition) is 2. The van der Waals surface area contributed by atoms with E-state index in [9.17, 15) is 4.79 Å². The third kappa shape index (κ3) is 2.67. The Bertz CT molecular complexity index is 428. The summed E-state index contributed by atoms with van der Waals surface area (Å²) in [6, 6.07) is 6.38. The van der Waals surface area contributed by atoms with Gasteiger partial charge < -0.3 is 10.6 Å². The number of amides is 1. The number of aryl methyl sites for hydroxylation is 2. The summed E-state index contributed by atoms with van der Waals surface area (Å²) < 4.78 is 0. The highest BCUT2D eigenvalue weighted by Crippen LogP contribution is 2.20. The zero-order chi connectivity index (χ0) is 12.4. The van der Waals surface area contributed by atoms with Crippen molar-refractivity contribution in [3.05, 3.63) is 29.3 Å². The molecule has 1 fully saturated rings. The smallest absolute Gasteiger partial charge is 0.229 e. The molecule has 1 heterocycles. The van der Waals surface area contributed by atoms with Gasteiger partial charge in [-0.25, -0.2) is 0 Å². The van der Waals surface area contributed by atoms with Crippen molar-refractivity contribution in [2.75, 3.05) is 11.9 Å². The Labute approximate surface area is 103 Å². The van der Waals surface area contributed by atoms with Crippen LogP contribution in [0.15, 0.2) is 18.2 Å². The van der Waals surface area contributed by atoms with Crippen LogP contribution in [-0.2, 0) is 4.79 Å². The first-order valence-electron chi connectivity index (χ1n) is 6.19. The first-order chi connectivity index (χ1) is 8.08. The molecule has 0 aromatic heterocycles. The monoisotopic (exact) mass is 232 g/mol. The molecule has 1 aromatic rings. The van der Waals surface area contributed by atoms with Crippen molar-refractivity contribution in [1.82, 2.24) is 5.32 Å². The molecule has 1 saturated heterocycles. The fourth-order valence-electron chi connectivity index (χ4n) is 2.40. The standard InChI is InChI=1S/C14H20N2O/c1-9-4-5-13(10(2)8-9)16-14(17)12-6-7-15-11(12)3/h4-5,8,11-12,15H,6-7H2,1-3H3,(H,16,17). The van der Waals surface area contributed by atoms with Crippen LogP contribution >= 0.6 is 0 Å². The van der Waals surface area contributed by atoms with Crippen LogP contribution in [0.25, 0.3) is 0 Å². The number of hydrogen-bond donors (Lipinski definition) is 2. The quantitative estimate of drug-likeness (QED) is 0.821. The summed E-state index contributed by atoms with van der Waals surface area (Å²) in [6.07, 6.45) is 0.928. The number of carbonyl (C=O) groups excluding carboxylic acids is 1. The zero-order valence-electron chi connectivity index (χ0n) is 10.7. The molecule has 0 bridgehead atoms. The van der Waals surface area contributed by atoms with Gasteiger partial charge in [0.1, 0.15) is 0 Å². The van der Waals surface area contributed by atoms with E-state index in [0.29, 0.717) is 0 Å². The topological polar surface area (TPSA) is 41.1 Å². The minimum atomic E-state index is 0.0932. The molecule has 2 rings (SSSR count). The van der Waals surface area contributed by atoms with E-state index >= 15 is 0 Å². The SMILES string of the molecule is Cc1ccc(NC(=O)C2CCNC2C)c(C)c1. The molecule has 2 N–H and O–H groups in total. The molecular weight excluding hydrogens is 212 g/mol. The highest BCUT2D eigenvalue weighted by atomic mass is 16.1. The summed E-state index contributed by atoms with van der Waals surface area (Å²) in [5.74, 6) is 0.227. The number of benzene rings is 1. The van der Waals surface area contributed by atoms with E-state index in [1.807, 2.05) is 19.1 Å². The van der Waals surface area contributed by atoms with Gasteiger partial charge in [-0.1, -0.05) is 17.7 Å². The van der Waals surface area contributed by atoms with Crippen molar-refractivity contribution < 1.29 is 4.79 Å². The first-order valence-corrected chi connectivity index (χ1v) is 6.19. The number of anilines is 1. The minimum Gasteiger partial charge on any atom is -0.326 e. The van der Waals surface area contributed by atoms with Crippen molar-refractivity contribution in [2.24, 2.45) is 5.92 Å². The predicted octanol–water partition coefficient (Wildman–Crippen LogP) is 2.24. The van der Waals surface area contributed by atoms with Gasteiger partial charge in [-0.3, -0.25) is 4.79 Å². The molecule has 3 nitrogen and oxygen atoms in total. The van der Waals surface area contributed by atoms with Gasteiger partial charge in [-0.15, -0.1) is 0 Å². The largest absolute Gasteiger partial charge is 0.326 e. The normalized spacial score (nSPS) is 23.7. The lowest BCUT2D eigenvalue weighted by Crippen LogP contribution is -2.32. The van der Waals surface area contributed by atoms with Crippen molar-refractivity contribution in [3.8, 4) is 0 Å². The van der Waals surface area contributed by atoms with Gasteiger partial charge in [0.15, 0.2) is 0 Å². The van der Waals surface area contributed by atoms with Crippen molar-refractivity contribution in [2.45, 2.75) is 33.2 Å². The summed E-state index contributed by atoms with van der Waals surface area (Å²) in [5, 5.41) is 6.33. The number of carbonyl (C=O) groups is 1. The maximum atomic E-state index is 12.1. The lowest BCUT2D eigenvalue weighted by molar-refractivity contribution is -0.120. The molecule has 1 amide bonds. The number of rotatable bonds is 2. The van der Waals surface area contributed by atoms with Gasteiger partial charge in [0.2, 0.25) is 5.91 Å². The molecule has 0 aliphatic carbocycles. The highest BCUT2D eigenvalue weighted by Gasteiger charge is 2.29. The van der Waals surface area contributed by atoms with Crippen LogP contribution < -0.4 is 10.6 Å². The Kier molecular flexibility index (Phi) is 3.48. The van der Waals surface area contributed by atoms with Crippen molar-refractivity contribution in [3.63, 3.8) is 0 Å². The minimum absolute atomic E-state index is 0.0932. The summed E-state index contributed by atoms with van der Waals surface area (Å²) in [4.78, 5) is 12.1. The summed E-state index contributed by atoms with van der Waals surface area (Å²) in [7, 11) is 0. The molecule has 1 aliphatic heterocycles. The van der Waals surface area contributed by atoms with Gasteiger partial charge in [0.05, 0.1) is 5.92 Å². The third-order valence-electron chi connectivity index (χ3n) is 3.50. The van der Waals surface area contributed by atoms with Crippen LogP contribution in [0.2, 0.25) is 0 Å². The van der Waals surface area contributed by atoms with Crippen LogP contribution in [0.5, 0.6) is 0 Å². The maximum Gasteiger partial charge on any atom is 0.229 e. The molecule has 0 spiro atoms. The summed E-state index contributed by atoms with van der Waals surface area (Å²) in [6.45, 7) is 7.09. The van der Waals surface area contributed by atoms with Gasteiger partial charge in [-0.2, -0.15) is 0 Å². The van der Waals surface area contributed by atoms with Gasteiger partial charge in [-0.05, 0) is 45.4 Å². The lowest BCUT2D eigenvalue weighted by atomic mass is 10.0. The maximum absolute atomic E-state index is 12.1. The van der Waals surface area contributed by atoms with Crippen LogP contribution in [0.3, 0.4) is 0 Å². The molecule has 1 aliphatic rings. The van der Waals surface area contributed by atoms with Gasteiger partial charge in [0, 0.05) is 11.7 Å². The van der Waals surface area contributed by atoms with E-state index in [-0.39, 0.29) is 17.9 Å². The molecule has 0 saturated carbocycles. The number of nitrogens with one attached hydrogen (secondary N) is 2. The van der Waals surface area contributed by atoms with E-state index in [1.54, 1.807) is 0 Å². The second kappa shape index (κ2) is 4.88. The second-order valence-electron chi connectivity index (χ2n) is 4.95.